The Morgan fingerprint density at radius 3 is 2.78 bits per heavy atom. The molecule has 1 aromatic heterocycles. The van der Waals surface area contributed by atoms with Crippen molar-refractivity contribution in [2.45, 2.75) is 37.6 Å². The molecule has 2 aliphatic rings. The smallest absolute Gasteiger partial charge is 0.395 e. The first-order valence-corrected chi connectivity index (χ1v) is 12.6. The largest absolute Gasteiger partial charge is 0.416 e. The van der Waals surface area contributed by atoms with Crippen LogP contribution >= 0.6 is 23.4 Å². The van der Waals surface area contributed by atoms with Crippen LogP contribution < -0.4 is 5.32 Å². The second kappa shape index (κ2) is 10.1. The number of piperidine rings is 1. The zero-order valence-corrected chi connectivity index (χ0v) is 20.8. The van der Waals surface area contributed by atoms with Gasteiger partial charge in [0, 0.05) is 17.1 Å². The molecule has 2 fully saturated rings. The van der Waals surface area contributed by atoms with Gasteiger partial charge in [0.05, 0.1) is 29.1 Å². The predicted octanol–water partition coefficient (Wildman–Crippen LogP) is 4.30. The Labute approximate surface area is 218 Å². The molecule has 194 valence electrons. The number of hydrogen-bond donors (Lipinski definition) is 2. The Hall–Kier alpha value is -2.93. The van der Waals surface area contributed by atoms with Crippen molar-refractivity contribution in [3.63, 3.8) is 0 Å². The van der Waals surface area contributed by atoms with Crippen LogP contribution in [-0.2, 0) is 17.5 Å². The molecule has 0 bridgehead atoms. The van der Waals surface area contributed by atoms with Crippen molar-refractivity contribution in [1.82, 2.24) is 25.2 Å². The van der Waals surface area contributed by atoms with Crippen LogP contribution in [0.4, 0.5) is 18.0 Å². The van der Waals surface area contributed by atoms with E-state index in [0.717, 1.165) is 17.8 Å². The van der Waals surface area contributed by atoms with Crippen molar-refractivity contribution >= 4 is 51.6 Å². The molecule has 0 aliphatic carbocycles. The van der Waals surface area contributed by atoms with Gasteiger partial charge in [0.15, 0.2) is 0 Å². The highest BCUT2D eigenvalue weighted by atomic mass is 35.5. The summed E-state index contributed by atoms with van der Waals surface area (Å²) in [5, 5.41) is 20.3. The lowest BCUT2D eigenvalue weighted by atomic mass is 9.98. The van der Waals surface area contributed by atoms with Gasteiger partial charge in [-0.1, -0.05) is 28.9 Å². The van der Waals surface area contributed by atoms with E-state index >= 15 is 0 Å². The number of alkyl halides is 3. The van der Waals surface area contributed by atoms with Gasteiger partial charge in [-0.2, -0.15) is 13.2 Å². The van der Waals surface area contributed by atoms with Crippen LogP contribution in [0.25, 0.3) is 17.1 Å². The first-order chi connectivity index (χ1) is 17.6. The van der Waals surface area contributed by atoms with E-state index < -0.39 is 11.7 Å². The minimum absolute atomic E-state index is 0.00259. The lowest BCUT2D eigenvalue weighted by Gasteiger charge is -2.33. The topological polar surface area (TPSA) is 100 Å². The number of carbonyl (C=O) groups excluding carboxylic acids is 2. The third-order valence-electron chi connectivity index (χ3n) is 6.41. The second-order valence-electron chi connectivity index (χ2n) is 8.86. The van der Waals surface area contributed by atoms with E-state index in [1.54, 1.807) is 24.3 Å². The average Bonchev–Trinajstić information content (AvgIpc) is 3.38. The van der Waals surface area contributed by atoms with Gasteiger partial charge in [0.1, 0.15) is 5.52 Å². The number of fused-ring (bicyclic) bond motifs is 1. The summed E-state index contributed by atoms with van der Waals surface area (Å²) >= 11 is 6.62. The summed E-state index contributed by atoms with van der Waals surface area (Å²) in [6, 6.07) is 8.15. The SMILES string of the molecule is O=C1SC(=Cc2ccc3c(c2)nnn3Cc2ccc(Cl)cc2C(F)(F)F)C(=O)N1C1CCN[C@@H](CO)C1. The highest BCUT2D eigenvalue weighted by molar-refractivity contribution is 8.18. The van der Waals surface area contributed by atoms with Gasteiger partial charge in [-0.3, -0.25) is 14.5 Å². The maximum absolute atomic E-state index is 13.5. The van der Waals surface area contributed by atoms with Crippen molar-refractivity contribution in [2.24, 2.45) is 0 Å². The van der Waals surface area contributed by atoms with Gasteiger partial charge in [-0.15, -0.1) is 5.10 Å². The van der Waals surface area contributed by atoms with Crippen molar-refractivity contribution in [1.29, 1.82) is 0 Å². The van der Waals surface area contributed by atoms with Crippen molar-refractivity contribution in [3.8, 4) is 0 Å². The number of hydrogen-bond acceptors (Lipinski definition) is 7. The monoisotopic (exact) mass is 551 g/mol. The van der Waals surface area contributed by atoms with Crippen molar-refractivity contribution in [2.75, 3.05) is 13.2 Å². The fraction of sp³-hybridized carbons (Fsp3) is 0.333. The molecular weight excluding hydrogens is 531 g/mol. The standard InChI is InChI=1S/C24H21ClF3N5O3S/c25-15-3-2-14(18(9-15)24(26,27)28)11-32-20-4-1-13(7-19(20)30-31-32)8-21-22(35)33(23(36)37-21)17-5-6-29-16(10-17)12-34/h1-4,7-9,16-17,29,34H,5-6,10-12H2/t16-,17?/m1/s1. The quantitative estimate of drug-likeness (QED) is 0.456. The summed E-state index contributed by atoms with van der Waals surface area (Å²) in [4.78, 5) is 27.2. The highest BCUT2D eigenvalue weighted by Gasteiger charge is 2.41. The Morgan fingerprint density at radius 2 is 2.03 bits per heavy atom. The molecule has 0 radical (unpaired) electrons. The van der Waals surface area contributed by atoms with E-state index in [-0.39, 0.29) is 51.9 Å². The van der Waals surface area contributed by atoms with Gasteiger partial charge in [-0.05, 0) is 72.6 Å². The molecule has 0 saturated carbocycles. The number of amides is 2. The maximum atomic E-state index is 13.5. The zero-order chi connectivity index (χ0) is 26.3. The molecule has 3 aromatic rings. The van der Waals surface area contributed by atoms with E-state index in [9.17, 15) is 27.9 Å². The molecule has 3 heterocycles. The molecule has 2 atom stereocenters. The number of imide groups is 1. The average molecular weight is 552 g/mol. The van der Waals surface area contributed by atoms with E-state index in [0.29, 0.717) is 36.0 Å². The lowest BCUT2D eigenvalue weighted by molar-refractivity contribution is -0.138. The fourth-order valence-electron chi connectivity index (χ4n) is 4.61. The lowest BCUT2D eigenvalue weighted by Crippen LogP contribution is -2.50. The summed E-state index contributed by atoms with van der Waals surface area (Å²) in [5.41, 5.74) is 0.710. The third-order valence-corrected chi connectivity index (χ3v) is 7.53. The van der Waals surface area contributed by atoms with Gasteiger partial charge in [0.2, 0.25) is 0 Å². The minimum atomic E-state index is -4.57. The summed E-state index contributed by atoms with van der Waals surface area (Å²) in [6.07, 6.45) is -1.88. The van der Waals surface area contributed by atoms with Crippen LogP contribution in [0.1, 0.15) is 29.5 Å². The number of aliphatic hydroxyl groups excluding tert-OH is 1. The molecule has 37 heavy (non-hydrogen) atoms. The normalized spacial score (nSPS) is 22.0. The van der Waals surface area contributed by atoms with Crippen molar-refractivity contribution in [3.05, 3.63) is 63.0 Å². The number of thioether (sulfide) groups is 1. The molecule has 2 aliphatic heterocycles. The summed E-state index contributed by atoms with van der Waals surface area (Å²) in [7, 11) is 0. The number of nitrogens with one attached hydrogen (secondary N) is 1. The van der Waals surface area contributed by atoms with Crippen LogP contribution in [0, 0.1) is 0 Å². The van der Waals surface area contributed by atoms with Gasteiger partial charge in [0.25, 0.3) is 11.1 Å². The summed E-state index contributed by atoms with van der Waals surface area (Å²) in [6.45, 7) is 0.369. The number of carbonyl (C=O) groups is 2. The van der Waals surface area contributed by atoms with E-state index in [1.165, 1.54) is 21.7 Å². The molecule has 13 heteroatoms. The fourth-order valence-corrected chi connectivity index (χ4v) is 5.68. The summed E-state index contributed by atoms with van der Waals surface area (Å²) in [5.74, 6) is -0.384. The van der Waals surface area contributed by atoms with Crippen LogP contribution in [-0.4, -0.2) is 61.4 Å². The number of aliphatic hydroxyl groups is 1. The third kappa shape index (κ3) is 5.24. The minimum Gasteiger partial charge on any atom is -0.395 e. The highest BCUT2D eigenvalue weighted by Crippen LogP contribution is 2.37. The molecule has 2 N–H and O–H groups in total. The Bertz CT molecular complexity index is 1410. The molecule has 2 amide bonds. The number of nitrogens with zero attached hydrogens (tertiary/aromatic N) is 4. The molecule has 2 aromatic carbocycles. The molecule has 2 saturated heterocycles. The van der Waals surface area contributed by atoms with Crippen molar-refractivity contribution < 1.29 is 27.9 Å². The number of rotatable bonds is 5. The molecule has 8 nitrogen and oxygen atoms in total. The Kier molecular flexibility index (Phi) is 7.01. The molecule has 0 spiro atoms. The number of aromatic nitrogens is 3. The molecule has 5 rings (SSSR count). The first-order valence-electron chi connectivity index (χ1n) is 11.4. The second-order valence-corrected chi connectivity index (χ2v) is 10.3. The maximum Gasteiger partial charge on any atom is 0.416 e. The molecular formula is C24H21ClF3N5O3S. The van der Waals surface area contributed by atoms with Gasteiger partial charge < -0.3 is 10.4 Å². The van der Waals surface area contributed by atoms with E-state index in [2.05, 4.69) is 15.6 Å². The zero-order valence-electron chi connectivity index (χ0n) is 19.2. The van der Waals surface area contributed by atoms with Crippen LogP contribution in [0.15, 0.2) is 41.3 Å². The van der Waals surface area contributed by atoms with Crippen LogP contribution in [0.5, 0.6) is 0 Å². The predicted molar refractivity (Wildman–Crippen MR) is 133 cm³/mol. The van der Waals surface area contributed by atoms with E-state index in [1.807, 2.05) is 0 Å². The first kappa shape index (κ1) is 25.7. The van der Waals surface area contributed by atoms with Crippen LogP contribution in [0.2, 0.25) is 5.02 Å². The van der Waals surface area contributed by atoms with Crippen LogP contribution in [0.3, 0.4) is 0 Å². The number of halogens is 4. The van der Waals surface area contributed by atoms with E-state index in [4.69, 9.17) is 11.6 Å². The van der Waals surface area contributed by atoms with Gasteiger partial charge in [-0.25, -0.2) is 4.68 Å². The number of benzene rings is 2. The Morgan fingerprint density at radius 1 is 1.22 bits per heavy atom. The summed E-state index contributed by atoms with van der Waals surface area (Å²) < 4.78 is 41.8. The van der Waals surface area contributed by atoms with Gasteiger partial charge >= 0.3 is 6.18 Å². The Balaban J connectivity index is 1.38. The molecule has 1 unspecified atom stereocenters.